The van der Waals surface area contributed by atoms with Crippen LogP contribution in [0.15, 0.2) is 0 Å². The van der Waals surface area contributed by atoms with Crippen molar-refractivity contribution in [2.24, 2.45) is 11.8 Å². The average molecular weight is 324 g/mol. The number of carbonyl (C=O) groups is 2. The number of piperidine rings is 1. The van der Waals surface area contributed by atoms with E-state index in [0.29, 0.717) is 13.0 Å². The summed E-state index contributed by atoms with van der Waals surface area (Å²) in [6.07, 6.45) is 9.08. The second-order valence-corrected chi connectivity index (χ2v) is 7.36. The minimum absolute atomic E-state index is 0.0749. The third-order valence-electron chi connectivity index (χ3n) is 5.24. The minimum Gasteiger partial charge on any atom is -0.481 e. The fraction of sp³-hybridized carbons (Fsp3) is 0.889. The molecule has 0 spiro atoms. The molecule has 1 saturated heterocycles. The van der Waals surface area contributed by atoms with Gasteiger partial charge in [0.25, 0.3) is 0 Å². The maximum Gasteiger partial charge on any atom is 0.303 e. The lowest BCUT2D eigenvalue weighted by Gasteiger charge is -2.38. The molecule has 2 rings (SSSR count). The number of nitrogens with one attached hydrogen (secondary N) is 1. The fourth-order valence-electron chi connectivity index (χ4n) is 4.05. The van der Waals surface area contributed by atoms with Crippen molar-refractivity contribution in [2.75, 3.05) is 19.6 Å². The smallest absolute Gasteiger partial charge is 0.303 e. The van der Waals surface area contributed by atoms with Gasteiger partial charge in [-0.1, -0.05) is 26.2 Å². The van der Waals surface area contributed by atoms with Crippen LogP contribution in [0.5, 0.6) is 0 Å². The number of carboxylic acids is 1. The highest BCUT2D eigenvalue weighted by Gasteiger charge is 2.31. The van der Waals surface area contributed by atoms with Crippen LogP contribution in [0.1, 0.15) is 64.7 Å². The molecule has 5 heteroatoms. The van der Waals surface area contributed by atoms with Crippen LogP contribution in [0, 0.1) is 11.8 Å². The molecule has 1 amide bonds. The van der Waals surface area contributed by atoms with Crippen LogP contribution in [-0.4, -0.2) is 47.6 Å². The van der Waals surface area contributed by atoms with Gasteiger partial charge >= 0.3 is 5.97 Å². The van der Waals surface area contributed by atoms with Gasteiger partial charge < -0.3 is 15.3 Å². The number of likely N-dealkylation sites (tertiary alicyclic amines) is 1. The molecule has 2 aliphatic rings. The van der Waals surface area contributed by atoms with Crippen LogP contribution in [0.2, 0.25) is 0 Å². The summed E-state index contributed by atoms with van der Waals surface area (Å²) in [4.78, 5) is 25.2. The first-order valence-electron chi connectivity index (χ1n) is 9.31. The second kappa shape index (κ2) is 9.26. The zero-order valence-electron chi connectivity index (χ0n) is 14.4. The van der Waals surface area contributed by atoms with Gasteiger partial charge in [-0.15, -0.1) is 0 Å². The molecule has 5 nitrogen and oxygen atoms in total. The molecule has 0 aromatic carbocycles. The summed E-state index contributed by atoms with van der Waals surface area (Å²) in [6.45, 7) is 4.37. The maximum absolute atomic E-state index is 12.2. The van der Waals surface area contributed by atoms with Crippen molar-refractivity contribution in [2.45, 2.75) is 70.8 Å². The summed E-state index contributed by atoms with van der Waals surface area (Å²) < 4.78 is 0. The van der Waals surface area contributed by atoms with Crippen LogP contribution < -0.4 is 5.32 Å². The summed E-state index contributed by atoms with van der Waals surface area (Å²) in [5, 5.41) is 12.7. The zero-order valence-corrected chi connectivity index (χ0v) is 14.4. The Balaban J connectivity index is 1.87. The first-order valence-corrected chi connectivity index (χ1v) is 9.31. The number of hydrogen-bond acceptors (Lipinski definition) is 3. The van der Waals surface area contributed by atoms with Gasteiger partial charge in [-0.05, 0) is 44.1 Å². The molecule has 1 heterocycles. The average Bonchev–Trinajstić information content (AvgIpc) is 2.53. The molecule has 1 saturated carbocycles. The molecule has 2 atom stereocenters. The van der Waals surface area contributed by atoms with Gasteiger partial charge in [0.1, 0.15) is 0 Å². The number of carboxylic acid groups (broad SMARTS) is 1. The largest absolute Gasteiger partial charge is 0.481 e. The second-order valence-electron chi connectivity index (χ2n) is 7.36. The highest BCUT2D eigenvalue weighted by Crippen LogP contribution is 2.25. The molecular weight excluding hydrogens is 292 g/mol. The molecule has 0 radical (unpaired) electrons. The van der Waals surface area contributed by atoms with Crippen LogP contribution >= 0.6 is 0 Å². The van der Waals surface area contributed by atoms with Crippen LogP contribution in [0.4, 0.5) is 0 Å². The Morgan fingerprint density at radius 1 is 1.13 bits per heavy atom. The predicted octanol–water partition coefficient (Wildman–Crippen LogP) is 2.65. The molecule has 2 fully saturated rings. The van der Waals surface area contributed by atoms with E-state index >= 15 is 0 Å². The van der Waals surface area contributed by atoms with Crippen LogP contribution in [0.25, 0.3) is 0 Å². The van der Waals surface area contributed by atoms with E-state index in [1.807, 2.05) is 11.8 Å². The normalized spacial score (nSPS) is 26.2. The number of rotatable bonds is 7. The Morgan fingerprint density at radius 2 is 1.87 bits per heavy atom. The van der Waals surface area contributed by atoms with Crippen molar-refractivity contribution in [3.05, 3.63) is 0 Å². The van der Waals surface area contributed by atoms with Crippen molar-refractivity contribution < 1.29 is 14.7 Å². The molecule has 0 bridgehead atoms. The van der Waals surface area contributed by atoms with E-state index in [4.69, 9.17) is 5.11 Å². The summed E-state index contributed by atoms with van der Waals surface area (Å²) in [5.41, 5.74) is 0. The van der Waals surface area contributed by atoms with E-state index in [2.05, 4.69) is 5.32 Å². The Hall–Kier alpha value is -1.10. The summed E-state index contributed by atoms with van der Waals surface area (Å²) in [5.74, 6) is 0.243. The molecule has 1 aliphatic carbocycles. The van der Waals surface area contributed by atoms with Crippen molar-refractivity contribution in [1.29, 1.82) is 0 Å². The SMILES string of the molecule is CCCC(=O)N1CC(CC(=O)O)CC(NCC2CCCCC2)C1. The van der Waals surface area contributed by atoms with Crippen molar-refractivity contribution >= 4 is 11.9 Å². The van der Waals surface area contributed by atoms with Gasteiger partial charge in [-0.3, -0.25) is 9.59 Å². The number of hydrogen-bond donors (Lipinski definition) is 2. The van der Waals surface area contributed by atoms with E-state index in [1.165, 1.54) is 32.1 Å². The molecule has 0 aromatic rings. The standard InChI is InChI=1S/C18H32N2O3/c1-2-6-17(21)20-12-15(10-18(22)23)9-16(13-20)19-11-14-7-4-3-5-8-14/h14-16,19H,2-13H2,1H3,(H,22,23). The number of aliphatic carboxylic acids is 1. The molecule has 2 unspecified atom stereocenters. The van der Waals surface area contributed by atoms with Gasteiger partial charge in [0, 0.05) is 32.0 Å². The lowest BCUT2D eigenvalue weighted by atomic mass is 9.87. The van der Waals surface area contributed by atoms with Crippen LogP contribution in [0.3, 0.4) is 0 Å². The number of carbonyl (C=O) groups excluding carboxylic acids is 1. The van der Waals surface area contributed by atoms with E-state index in [0.717, 1.165) is 31.8 Å². The number of amides is 1. The van der Waals surface area contributed by atoms with E-state index in [1.54, 1.807) is 0 Å². The van der Waals surface area contributed by atoms with E-state index in [-0.39, 0.29) is 24.3 Å². The lowest BCUT2D eigenvalue weighted by Crippen LogP contribution is -2.52. The highest BCUT2D eigenvalue weighted by atomic mass is 16.4. The highest BCUT2D eigenvalue weighted by molar-refractivity contribution is 5.76. The van der Waals surface area contributed by atoms with Crippen molar-refractivity contribution in [3.63, 3.8) is 0 Å². The van der Waals surface area contributed by atoms with Gasteiger partial charge in [0.05, 0.1) is 0 Å². The van der Waals surface area contributed by atoms with E-state index in [9.17, 15) is 9.59 Å². The first-order chi connectivity index (χ1) is 11.1. The molecular formula is C18H32N2O3. The van der Waals surface area contributed by atoms with Gasteiger partial charge in [-0.2, -0.15) is 0 Å². The molecule has 2 N–H and O–H groups in total. The first kappa shape index (κ1) is 18.2. The van der Waals surface area contributed by atoms with Gasteiger partial charge in [0.15, 0.2) is 0 Å². The predicted molar refractivity (Wildman–Crippen MR) is 90.2 cm³/mol. The Morgan fingerprint density at radius 3 is 2.52 bits per heavy atom. The number of nitrogens with zero attached hydrogens (tertiary/aromatic N) is 1. The Kier molecular flexibility index (Phi) is 7.34. The topological polar surface area (TPSA) is 69.6 Å². The Bertz CT molecular complexity index is 394. The van der Waals surface area contributed by atoms with Crippen molar-refractivity contribution in [3.8, 4) is 0 Å². The summed E-state index contributed by atoms with van der Waals surface area (Å²) in [6, 6.07) is 0.246. The third-order valence-corrected chi connectivity index (χ3v) is 5.24. The fourth-order valence-corrected chi connectivity index (χ4v) is 4.05. The quantitative estimate of drug-likeness (QED) is 0.755. The van der Waals surface area contributed by atoms with E-state index < -0.39 is 5.97 Å². The molecule has 0 aromatic heterocycles. The lowest BCUT2D eigenvalue weighted by molar-refractivity contribution is -0.141. The van der Waals surface area contributed by atoms with Crippen LogP contribution in [-0.2, 0) is 9.59 Å². The van der Waals surface area contributed by atoms with Gasteiger partial charge in [-0.25, -0.2) is 0 Å². The minimum atomic E-state index is -0.758. The third kappa shape index (κ3) is 6.13. The molecule has 1 aliphatic heterocycles. The monoisotopic (exact) mass is 324 g/mol. The summed E-state index contributed by atoms with van der Waals surface area (Å²) in [7, 11) is 0. The van der Waals surface area contributed by atoms with Crippen molar-refractivity contribution in [1.82, 2.24) is 10.2 Å². The zero-order chi connectivity index (χ0) is 16.7. The Labute approximate surface area is 139 Å². The molecule has 132 valence electrons. The maximum atomic E-state index is 12.2. The van der Waals surface area contributed by atoms with Gasteiger partial charge in [0.2, 0.25) is 5.91 Å². The summed E-state index contributed by atoms with van der Waals surface area (Å²) >= 11 is 0. The molecule has 23 heavy (non-hydrogen) atoms.